The van der Waals surface area contributed by atoms with E-state index >= 15 is 0 Å². The molecule has 1 amide bonds. The van der Waals surface area contributed by atoms with Crippen LogP contribution in [-0.4, -0.2) is 35.2 Å². The molecule has 1 aliphatic carbocycles. The molecule has 0 bridgehead atoms. The highest BCUT2D eigenvalue weighted by Crippen LogP contribution is 2.50. The van der Waals surface area contributed by atoms with Gasteiger partial charge in [0.1, 0.15) is 6.61 Å². The molecule has 2 aliphatic rings. The van der Waals surface area contributed by atoms with Crippen molar-refractivity contribution in [2.45, 2.75) is 64.1 Å². The van der Waals surface area contributed by atoms with Gasteiger partial charge in [0.05, 0.1) is 18.1 Å². The Hall–Kier alpha value is -2.04. The van der Waals surface area contributed by atoms with Crippen LogP contribution in [0.2, 0.25) is 0 Å². The summed E-state index contributed by atoms with van der Waals surface area (Å²) in [5.74, 6) is -0.413. The maximum atomic E-state index is 12.9. The van der Waals surface area contributed by atoms with Gasteiger partial charge in [-0.15, -0.1) is 0 Å². The van der Waals surface area contributed by atoms with Crippen LogP contribution in [0, 0.1) is 5.92 Å². The molecule has 5 heteroatoms. The average molecular weight is 345 g/mol. The van der Waals surface area contributed by atoms with Crippen molar-refractivity contribution in [2.24, 2.45) is 5.92 Å². The van der Waals surface area contributed by atoms with Crippen molar-refractivity contribution >= 4 is 12.1 Å². The van der Waals surface area contributed by atoms with Crippen LogP contribution in [0.25, 0.3) is 0 Å². The van der Waals surface area contributed by atoms with Crippen molar-refractivity contribution in [1.29, 1.82) is 0 Å². The molecule has 1 saturated heterocycles. The Labute approximate surface area is 149 Å². The third-order valence-corrected chi connectivity index (χ3v) is 5.59. The predicted octanol–water partition coefficient (Wildman–Crippen LogP) is 3.91. The maximum absolute atomic E-state index is 12.9. The highest BCUT2D eigenvalue weighted by Gasteiger charge is 2.58. The fourth-order valence-electron chi connectivity index (χ4n) is 4.56. The fourth-order valence-corrected chi connectivity index (χ4v) is 4.56. The zero-order valence-corrected chi connectivity index (χ0v) is 15.1. The summed E-state index contributed by atoms with van der Waals surface area (Å²) in [5, 5.41) is 0. The lowest BCUT2D eigenvalue weighted by Crippen LogP contribution is -2.52. The monoisotopic (exact) mass is 345 g/mol. The molecule has 25 heavy (non-hydrogen) atoms. The molecule has 1 aromatic carbocycles. The normalized spacial score (nSPS) is 24.5. The summed E-state index contributed by atoms with van der Waals surface area (Å²) in [6, 6.07) is 9.65. The number of carbonyl (C=O) groups excluding carboxylic acids is 2. The molecule has 136 valence electrons. The van der Waals surface area contributed by atoms with Gasteiger partial charge in [-0.25, -0.2) is 4.79 Å². The van der Waals surface area contributed by atoms with Crippen molar-refractivity contribution in [3.63, 3.8) is 0 Å². The summed E-state index contributed by atoms with van der Waals surface area (Å²) >= 11 is 0. The number of benzene rings is 1. The first kappa shape index (κ1) is 17.8. The van der Waals surface area contributed by atoms with Crippen LogP contribution in [0.4, 0.5) is 4.79 Å². The van der Waals surface area contributed by atoms with Gasteiger partial charge in [-0.05, 0) is 38.7 Å². The number of carbonyl (C=O) groups is 2. The van der Waals surface area contributed by atoms with Crippen LogP contribution >= 0.6 is 0 Å². The molecular formula is C20H27NO4. The third kappa shape index (κ3) is 3.37. The lowest BCUT2D eigenvalue weighted by atomic mass is 9.83. The van der Waals surface area contributed by atoms with E-state index in [1.165, 1.54) is 0 Å². The van der Waals surface area contributed by atoms with Crippen molar-refractivity contribution in [1.82, 2.24) is 4.90 Å². The fraction of sp³-hybridized carbons (Fsp3) is 0.600. The van der Waals surface area contributed by atoms with Crippen LogP contribution in [0.15, 0.2) is 30.3 Å². The first-order valence-electron chi connectivity index (χ1n) is 9.25. The number of nitrogens with zero attached hydrogens (tertiary/aromatic N) is 1. The number of amides is 1. The lowest BCUT2D eigenvalue weighted by molar-refractivity contribution is -0.151. The molecule has 1 aliphatic heterocycles. The van der Waals surface area contributed by atoms with E-state index in [1.807, 2.05) is 49.1 Å². The van der Waals surface area contributed by atoms with E-state index in [2.05, 4.69) is 0 Å². The highest BCUT2D eigenvalue weighted by molar-refractivity contribution is 5.78. The molecule has 1 heterocycles. The number of rotatable bonds is 4. The third-order valence-electron chi connectivity index (χ3n) is 5.59. The summed E-state index contributed by atoms with van der Waals surface area (Å²) in [7, 11) is 0. The van der Waals surface area contributed by atoms with E-state index < -0.39 is 5.54 Å². The standard InChI is InChI=1S/C20H27NO4/c1-3-24-18(22)17-13-15(2)21(20(17)11-7-8-12-20)19(23)25-14-16-9-5-4-6-10-16/h4-6,9-10,15,17H,3,7-8,11-14H2,1-2H3/t15-,17+/m1/s1. The van der Waals surface area contributed by atoms with Crippen molar-refractivity contribution in [3.05, 3.63) is 35.9 Å². The zero-order valence-electron chi connectivity index (χ0n) is 15.1. The highest BCUT2D eigenvalue weighted by atomic mass is 16.6. The smallest absolute Gasteiger partial charge is 0.410 e. The second kappa shape index (κ2) is 7.46. The molecule has 0 aromatic heterocycles. The van der Waals surface area contributed by atoms with Crippen molar-refractivity contribution in [2.75, 3.05) is 6.61 Å². The Morgan fingerprint density at radius 1 is 1.16 bits per heavy atom. The lowest BCUT2D eigenvalue weighted by Gasteiger charge is -2.39. The second-order valence-corrected chi connectivity index (χ2v) is 7.11. The van der Waals surface area contributed by atoms with Gasteiger partial charge in [-0.1, -0.05) is 43.2 Å². The quantitative estimate of drug-likeness (QED) is 0.777. The average Bonchev–Trinajstić information content (AvgIpc) is 3.20. The number of esters is 1. The Morgan fingerprint density at radius 3 is 2.48 bits per heavy atom. The van der Waals surface area contributed by atoms with Crippen LogP contribution in [0.1, 0.15) is 51.5 Å². The number of hydrogen-bond donors (Lipinski definition) is 0. The largest absolute Gasteiger partial charge is 0.466 e. The molecule has 1 spiro atoms. The Kier molecular flexibility index (Phi) is 5.30. The van der Waals surface area contributed by atoms with Crippen molar-refractivity contribution < 1.29 is 19.1 Å². The van der Waals surface area contributed by atoms with Crippen LogP contribution < -0.4 is 0 Å². The van der Waals surface area contributed by atoms with Gasteiger partial charge in [0.25, 0.3) is 0 Å². The first-order valence-corrected chi connectivity index (χ1v) is 9.25. The summed E-state index contributed by atoms with van der Waals surface area (Å²) < 4.78 is 10.9. The molecule has 0 N–H and O–H groups in total. The summed E-state index contributed by atoms with van der Waals surface area (Å²) in [6.07, 6.45) is 4.10. The summed E-state index contributed by atoms with van der Waals surface area (Å²) in [5.41, 5.74) is 0.532. The molecule has 1 saturated carbocycles. The minimum absolute atomic E-state index is 0.0178. The van der Waals surface area contributed by atoms with E-state index in [-0.39, 0.29) is 30.6 Å². The molecule has 5 nitrogen and oxygen atoms in total. The summed E-state index contributed by atoms with van der Waals surface area (Å²) in [6.45, 7) is 4.45. The Bertz CT molecular complexity index is 609. The van der Waals surface area contributed by atoms with Crippen molar-refractivity contribution in [3.8, 4) is 0 Å². The Balaban J connectivity index is 1.76. The molecule has 3 rings (SSSR count). The van der Waals surface area contributed by atoms with E-state index in [9.17, 15) is 9.59 Å². The topological polar surface area (TPSA) is 55.8 Å². The van der Waals surface area contributed by atoms with Crippen LogP contribution in [0.5, 0.6) is 0 Å². The molecular weight excluding hydrogens is 318 g/mol. The minimum atomic E-state index is -0.431. The number of likely N-dealkylation sites (tertiary alicyclic amines) is 1. The van der Waals surface area contributed by atoms with Crippen LogP contribution in [-0.2, 0) is 20.9 Å². The zero-order chi connectivity index (χ0) is 17.9. The molecule has 2 fully saturated rings. The van der Waals surface area contributed by atoms with Gasteiger partial charge in [0, 0.05) is 6.04 Å². The molecule has 1 aromatic rings. The minimum Gasteiger partial charge on any atom is -0.466 e. The van der Waals surface area contributed by atoms with E-state index in [0.717, 1.165) is 31.2 Å². The van der Waals surface area contributed by atoms with E-state index in [0.29, 0.717) is 13.0 Å². The van der Waals surface area contributed by atoms with Gasteiger partial charge in [0.2, 0.25) is 0 Å². The first-order chi connectivity index (χ1) is 12.1. The molecule has 0 radical (unpaired) electrons. The van der Waals surface area contributed by atoms with Gasteiger partial charge in [-0.2, -0.15) is 0 Å². The summed E-state index contributed by atoms with van der Waals surface area (Å²) in [4.78, 5) is 27.2. The van der Waals surface area contributed by atoms with Gasteiger partial charge in [0.15, 0.2) is 0 Å². The van der Waals surface area contributed by atoms with E-state index in [4.69, 9.17) is 9.47 Å². The number of hydrogen-bond acceptors (Lipinski definition) is 4. The van der Waals surface area contributed by atoms with E-state index in [1.54, 1.807) is 0 Å². The molecule has 2 atom stereocenters. The SMILES string of the molecule is CCOC(=O)[C@@H]1C[C@@H](C)N(C(=O)OCc2ccccc2)C12CCCC2. The van der Waals surface area contributed by atoms with Gasteiger partial charge in [-0.3, -0.25) is 9.69 Å². The van der Waals surface area contributed by atoms with Gasteiger partial charge < -0.3 is 9.47 Å². The second-order valence-electron chi connectivity index (χ2n) is 7.11. The van der Waals surface area contributed by atoms with Crippen LogP contribution in [0.3, 0.4) is 0 Å². The molecule has 0 unspecified atom stereocenters. The number of ether oxygens (including phenoxy) is 2. The van der Waals surface area contributed by atoms with Gasteiger partial charge >= 0.3 is 12.1 Å². The Morgan fingerprint density at radius 2 is 1.84 bits per heavy atom. The maximum Gasteiger partial charge on any atom is 0.410 e. The predicted molar refractivity (Wildman–Crippen MR) is 93.9 cm³/mol.